The van der Waals surface area contributed by atoms with Gasteiger partial charge in [0.15, 0.2) is 0 Å². The molecule has 0 aromatic rings. The van der Waals surface area contributed by atoms with E-state index >= 15 is 0 Å². The molecule has 4 atom stereocenters. The maximum Gasteiger partial charge on any atom is 0.229 e. The molecule has 0 radical (unpaired) electrons. The predicted octanol–water partition coefficient (Wildman–Crippen LogP) is -1.03. The van der Waals surface area contributed by atoms with E-state index < -0.39 is 22.4 Å². The van der Waals surface area contributed by atoms with E-state index in [2.05, 4.69) is 5.32 Å². The third kappa shape index (κ3) is 1.50. The fraction of sp³-hybridized carbons (Fsp3) is 0.833. The largest absolute Gasteiger partial charge is 0.771 e. The van der Waals surface area contributed by atoms with Gasteiger partial charge in [-0.05, 0) is 18.0 Å². The lowest BCUT2D eigenvalue weighted by Gasteiger charge is -2.40. The molecule has 6 heteroatoms. The van der Waals surface area contributed by atoms with Crippen molar-refractivity contribution in [3.05, 3.63) is 0 Å². The van der Waals surface area contributed by atoms with Crippen LogP contribution in [0.25, 0.3) is 0 Å². The van der Waals surface area contributed by atoms with Gasteiger partial charge in [0, 0.05) is 7.11 Å². The van der Waals surface area contributed by atoms with Gasteiger partial charge < -0.3 is 14.6 Å². The van der Waals surface area contributed by atoms with Crippen LogP contribution in [0.4, 0.5) is 0 Å². The van der Waals surface area contributed by atoms with E-state index in [0.717, 1.165) is 0 Å². The number of methoxy groups -OCH3 is 1. The van der Waals surface area contributed by atoms with Crippen LogP contribution < -0.4 is 5.32 Å². The molecule has 0 spiro atoms. The molecule has 0 aromatic carbocycles. The number of carbonyl (C=O) groups is 1. The van der Waals surface area contributed by atoms with Gasteiger partial charge in [-0.25, -0.2) is 0 Å². The lowest BCUT2D eigenvalue weighted by Crippen LogP contribution is -2.63. The standard InChI is InChI=1S/C6H11NO4S/c1-3(11-2)4-5(8)7-6(4)12(9)10/h3-4,6H,1-2H3,(H,7,8)(H,9,10)/p-1/t3?,4-,6?/m0/s1. The van der Waals surface area contributed by atoms with Crippen LogP contribution in [-0.2, 0) is 20.6 Å². The van der Waals surface area contributed by atoms with Gasteiger partial charge in [0.2, 0.25) is 5.91 Å². The second-order valence-electron chi connectivity index (χ2n) is 2.66. The SMILES string of the molecule is COC(C)[C@H]1C(=O)NC1S(=O)[O-]. The number of amides is 1. The molecular formula is C6H10NO4S-. The zero-order valence-corrected chi connectivity index (χ0v) is 7.59. The monoisotopic (exact) mass is 192 g/mol. The minimum atomic E-state index is -2.26. The van der Waals surface area contributed by atoms with E-state index in [1.165, 1.54) is 7.11 Å². The molecule has 5 nitrogen and oxygen atoms in total. The summed E-state index contributed by atoms with van der Waals surface area (Å²) in [5.41, 5.74) is 0. The van der Waals surface area contributed by atoms with Crippen LogP contribution >= 0.6 is 0 Å². The molecule has 0 aliphatic carbocycles. The molecule has 1 aliphatic heterocycles. The number of nitrogens with one attached hydrogen (secondary N) is 1. The first-order valence-electron chi connectivity index (χ1n) is 3.49. The van der Waals surface area contributed by atoms with Gasteiger partial charge in [-0.3, -0.25) is 9.00 Å². The molecule has 1 fully saturated rings. The summed E-state index contributed by atoms with van der Waals surface area (Å²) in [5.74, 6) is -0.827. The van der Waals surface area contributed by atoms with Crippen LogP contribution in [0.2, 0.25) is 0 Å². The lowest BCUT2D eigenvalue weighted by molar-refractivity contribution is -0.138. The zero-order chi connectivity index (χ0) is 9.30. The van der Waals surface area contributed by atoms with Gasteiger partial charge >= 0.3 is 0 Å². The average molecular weight is 192 g/mol. The molecule has 1 amide bonds. The maximum absolute atomic E-state index is 10.9. The summed E-state index contributed by atoms with van der Waals surface area (Å²) in [4.78, 5) is 10.9. The lowest BCUT2D eigenvalue weighted by atomic mass is 9.96. The smallest absolute Gasteiger partial charge is 0.229 e. The minimum Gasteiger partial charge on any atom is -0.771 e. The maximum atomic E-state index is 10.9. The first kappa shape index (κ1) is 9.63. The summed E-state index contributed by atoms with van der Waals surface area (Å²) >= 11 is -2.26. The first-order chi connectivity index (χ1) is 5.57. The average Bonchev–Trinajstić information content (AvgIpc) is 1.99. The highest BCUT2D eigenvalue weighted by Crippen LogP contribution is 2.22. The normalized spacial score (nSPS) is 33.4. The van der Waals surface area contributed by atoms with Crippen LogP contribution in [0.1, 0.15) is 6.92 Å². The summed E-state index contributed by atoms with van der Waals surface area (Å²) in [5, 5.41) is 1.49. The van der Waals surface area contributed by atoms with Crippen molar-refractivity contribution in [1.82, 2.24) is 5.32 Å². The van der Waals surface area contributed by atoms with Crippen molar-refractivity contribution >= 4 is 17.0 Å². The fourth-order valence-electron chi connectivity index (χ4n) is 1.14. The van der Waals surface area contributed by atoms with Crippen LogP contribution in [0.3, 0.4) is 0 Å². The second-order valence-corrected chi connectivity index (χ2v) is 3.69. The molecule has 1 rings (SSSR count). The number of hydrogen-bond acceptors (Lipinski definition) is 4. The van der Waals surface area contributed by atoms with Gasteiger partial charge in [-0.2, -0.15) is 0 Å². The molecule has 1 aliphatic rings. The van der Waals surface area contributed by atoms with Crippen LogP contribution in [0.15, 0.2) is 0 Å². The third-order valence-electron chi connectivity index (χ3n) is 2.00. The molecule has 3 unspecified atom stereocenters. The Morgan fingerprint density at radius 3 is 2.67 bits per heavy atom. The van der Waals surface area contributed by atoms with Crippen molar-refractivity contribution in [2.45, 2.75) is 18.4 Å². The van der Waals surface area contributed by atoms with Crippen molar-refractivity contribution < 1.29 is 18.3 Å². The Bertz CT molecular complexity index is 220. The van der Waals surface area contributed by atoms with Crippen LogP contribution in [0.5, 0.6) is 0 Å². The Hall–Kier alpha value is -0.460. The molecule has 12 heavy (non-hydrogen) atoms. The van der Waals surface area contributed by atoms with E-state index in [4.69, 9.17) is 4.74 Å². The highest BCUT2D eigenvalue weighted by Gasteiger charge is 2.43. The van der Waals surface area contributed by atoms with Crippen molar-refractivity contribution in [3.63, 3.8) is 0 Å². The summed E-state index contributed by atoms with van der Waals surface area (Å²) in [7, 11) is 1.45. The Labute approximate surface area is 72.8 Å². The summed E-state index contributed by atoms with van der Waals surface area (Å²) < 4.78 is 25.8. The van der Waals surface area contributed by atoms with Crippen molar-refractivity contribution in [1.29, 1.82) is 0 Å². The Morgan fingerprint density at radius 1 is 1.75 bits per heavy atom. The van der Waals surface area contributed by atoms with E-state index in [-0.39, 0.29) is 12.0 Å². The van der Waals surface area contributed by atoms with Crippen molar-refractivity contribution in [3.8, 4) is 0 Å². The quantitative estimate of drug-likeness (QED) is 0.458. The Morgan fingerprint density at radius 2 is 2.33 bits per heavy atom. The highest BCUT2D eigenvalue weighted by molar-refractivity contribution is 7.80. The highest BCUT2D eigenvalue weighted by atomic mass is 32.2. The number of carbonyl (C=O) groups excluding carboxylic acids is 1. The molecule has 0 saturated carbocycles. The summed E-state index contributed by atoms with van der Waals surface area (Å²) in [6.07, 6.45) is -0.360. The van der Waals surface area contributed by atoms with Gasteiger partial charge in [-0.1, -0.05) is 0 Å². The van der Waals surface area contributed by atoms with E-state index in [9.17, 15) is 13.6 Å². The summed E-state index contributed by atoms with van der Waals surface area (Å²) in [6, 6.07) is 0. The molecule has 70 valence electrons. The van der Waals surface area contributed by atoms with E-state index in [0.29, 0.717) is 0 Å². The second kappa shape index (κ2) is 3.51. The number of hydrogen-bond donors (Lipinski definition) is 1. The van der Waals surface area contributed by atoms with Crippen LogP contribution in [-0.4, -0.2) is 33.3 Å². The zero-order valence-electron chi connectivity index (χ0n) is 6.77. The Balaban J connectivity index is 2.61. The van der Waals surface area contributed by atoms with Gasteiger partial charge in [0.1, 0.15) is 5.37 Å². The van der Waals surface area contributed by atoms with Crippen LogP contribution in [0, 0.1) is 5.92 Å². The number of rotatable bonds is 3. The minimum absolute atomic E-state index is 0.265. The number of β-lactam (4-membered cyclic amide) rings is 1. The topological polar surface area (TPSA) is 78.5 Å². The molecule has 1 saturated heterocycles. The number of ether oxygens (including phenoxy) is 1. The van der Waals surface area contributed by atoms with Gasteiger partial charge in [0.05, 0.1) is 12.0 Å². The molecule has 1 N–H and O–H groups in total. The van der Waals surface area contributed by atoms with E-state index in [1.54, 1.807) is 6.92 Å². The van der Waals surface area contributed by atoms with Gasteiger partial charge in [0.25, 0.3) is 0 Å². The summed E-state index contributed by atoms with van der Waals surface area (Å²) in [6.45, 7) is 1.67. The van der Waals surface area contributed by atoms with Gasteiger partial charge in [-0.15, -0.1) is 0 Å². The fourth-order valence-corrected chi connectivity index (χ4v) is 1.94. The molecular weight excluding hydrogens is 182 g/mol. The van der Waals surface area contributed by atoms with E-state index in [1.807, 2.05) is 0 Å². The predicted molar refractivity (Wildman–Crippen MR) is 40.8 cm³/mol. The Kier molecular flexibility index (Phi) is 2.81. The first-order valence-corrected chi connectivity index (χ1v) is 4.63. The molecule has 1 heterocycles. The van der Waals surface area contributed by atoms with Crippen molar-refractivity contribution in [2.75, 3.05) is 7.11 Å². The molecule has 0 aromatic heterocycles. The third-order valence-corrected chi connectivity index (χ3v) is 2.82. The molecule has 0 bridgehead atoms. The van der Waals surface area contributed by atoms with Crippen molar-refractivity contribution in [2.24, 2.45) is 5.92 Å².